The molecule has 0 saturated carbocycles. The molecule has 0 saturated heterocycles. The molecule has 0 aliphatic rings. The van der Waals surface area contributed by atoms with Gasteiger partial charge in [-0.1, -0.05) is 0 Å². The molecule has 0 bridgehead atoms. The quantitative estimate of drug-likeness (QED) is 0.353. The highest BCUT2D eigenvalue weighted by Crippen LogP contribution is 2.19. The highest BCUT2D eigenvalue weighted by molar-refractivity contribution is 7.38. The van der Waals surface area contributed by atoms with E-state index in [1.807, 2.05) is 20.8 Å². The number of hydrogen-bond acceptors (Lipinski definition) is 7. The first-order valence-corrected chi connectivity index (χ1v) is 6.16. The number of hydrogen-bond donors (Lipinski definition) is 6. The van der Waals surface area contributed by atoms with E-state index >= 15 is 0 Å². The van der Waals surface area contributed by atoms with Crippen molar-refractivity contribution in [3.8, 4) is 0 Å². The number of ether oxygens (including phenoxy) is 1. The van der Waals surface area contributed by atoms with Crippen molar-refractivity contribution in [2.24, 2.45) is 5.41 Å². The van der Waals surface area contributed by atoms with Gasteiger partial charge >= 0.3 is 8.60 Å². The minimum atomic E-state index is -2.62. The van der Waals surface area contributed by atoms with Crippen LogP contribution in [-0.2, 0) is 4.74 Å². The summed E-state index contributed by atoms with van der Waals surface area (Å²) < 4.78 is 5.39. The van der Waals surface area contributed by atoms with Gasteiger partial charge in [-0.2, -0.15) is 0 Å². The molecule has 0 aromatic heterocycles. The zero-order valence-corrected chi connectivity index (χ0v) is 11.3. The lowest BCUT2D eigenvalue weighted by molar-refractivity contribution is -0.102. The molecule has 0 rings (SSSR count). The third kappa shape index (κ3) is 12.4. The molecule has 0 heterocycles. The second-order valence-corrected chi connectivity index (χ2v) is 5.18. The van der Waals surface area contributed by atoms with Crippen LogP contribution in [0.2, 0.25) is 0 Å². The molecule has 106 valence electrons. The average molecular weight is 274 g/mol. The van der Waals surface area contributed by atoms with Crippen LogP contribution in [0.15, 0.2) is 0 Å². The largest absolute Gasteiger partial charge is 0.396 e. The summed E-state index contributed by atoms with van der Waals surface area (Å²) in [6.07, 6.45) is 0. The Kier molecular flexibility index (Phi) is 10.5. The SMILES string of the molecule is CC(C)(C)OCC(CO)(CO)CO.OP(O)O. The molecule has 0 atom stereocenters. The standard InChI is InChI=1S/C9H20O4.H3O3P/c1-8(2,3)13-7-9(4-10,5-11)6-12;1-4(2)3/h10-12H,4-7H2,1-3H3;1-3H. The first-order valence-electron chi connectivity index (χ1n) is 4.96. The van der Waals surface area contributed by atoms with E-state index in [9.17, 15) is 0 Å². The van der Waals surface area contributed by atoms with Crippen molar-refractivity contribution in [1.29, 1.82) is 0 Å². The summed E-state index contributed by atoms with van der Waals surface area (Å²) in [5.74, 6) is 0. The number of aliphatic hydroxyl groups excluding tert-OH is 3. The molecule has 0 aliphatic heterocycles. The molecule has 0 amide bonds. The van der Waals surface area contributed by atoms with Crippen molar-refractivity contribution >= 4 is 8.60 Å². The van der Waals surface area contributed by atoms with Crippen molar-refractivity contribution < 1.29 is 34.7 Å². The van der Waals surface area contributed by atoms with Gasteiger partial charge in [-0.3, -0.25) is 0 Å². The highest BCUT2D eigenvalue weighted by Gasteiger charge is 2.30. The molecular formula is C9H23O7P. The lowest BCUT2D eigenvalue weighted by Gasteiger charge is -2.31. The second-order valence-electron chi connectivity index (χ2n) is 4.64. The van der Waals surface area contributed by atoms with Gasteiger partial charge in [0.1, 0.15) is 0 Å². The maximum Gasteiger partial charge on any atom is 0.324 e. The topological polar surface area (TPSA) is 131 Å². The Morgan fingerprint density at radius 2 is 1.18 bits per heavy atom. The summed E-state index contributed by atoms with van der Waals surface area (Å²) in [7, 11) is -2.62. The minimum Gasteiger partial charge on any atom is -0.396 e. The Labute approximate surface area is 102 Å². The van der Waals surface area contributed by atoms with Gasteiger partial charge < -0.3 is 34.7 Å². The van der Waals surface area contributed by atoms with Crippen molar-refractivity contribution in [3.63, 3.8) is 0 Å². The molecule has 0 unspecified atom stereocenters. The zero-order chi connectivity index (χ0) is 14.1. The van der Waals surface area contributed by atoms with E-state index in [0.29, 0.717) is 0 Å². The summed E-state index contributed by atoms with van der Waals surface area (Å²) in [6, 6.07) is 0. The van der Waals surface area contributed by atoms with Gasteiger partial charge in [0.05, 0.1) is 37.4 Å². The Hall–Kier alpha value is 0.150. The van der Waals surface area contributed by atoms with Crippen LogP contribution in [0.1, 0.15) is 20.8 Å². The molecule has 7 nitrogen and oxygen atoms in total. The van der Waals surface area contributed by atoms with Crippen LogP contribution in [0, 0.1) is 5.41 Å². The summed E-state index contributed by atoms with van der Waals surface area (Å²) in [5, 5.41) is 26.9. The lowest BCUT2D eigenvalue weighted by Crippen LogP contribution is -2.41. The fraction of sp³-hybridized carbons (Fsp3) is 1.00. The van der Waals surface area contributed by atoms with E-state index in [-0.39, 0.29) is 32.0 Å². The van der Waals surface area contributed by atoms with Crippen molar-refractivity contribution in [2.45, 2.75) is 26.4 Å². The molecule has 0 fully saturated rings. The van der Waals surface area contributed by atoms with Gasteiger partial charge in [-0.05, 0) is 20.8 Å². The van der Waals surface area contributed by atoms with E-state index in [1.165, 1.54) is 0 Å². The van der Waals surface area contributed by atoms with Gasteiger partial charge in [0.15, 0.2) is 0 Å². The number of aliphatic hydroxyl groups is 3. The summed E-state index contributed by atoms with van der Waals surface area (Å²) in [5.41, 5.74) is -1.25. The third-order valence-electron chi connectivity index (χ3n) is 1.82. The average Bonchev–Trinajstić information content (AvgIpc) is 2.18. The van der Waals surface area contributed by atoms with Crippen molar-refractivity contribution in [2.75, 3.05) is 26.4 Å². The Balaban J connectivity index is 0. The van der Waals surface area contributed by atoms with Gasteiger partial charge in [0, 0.05) is 0 Å². The third-order valence-corrected chi connectivity index (χ3v) is 1.82. The van der Waals surface area contributed by atoms with Crippen LogP contribution in [0.3, 0.4) is 0 Å². The fourth-order valence-corrected chi connectivity index (χ4v) is 0.657. The summed E-state index contributed by atoms with van der Waals surface area (Å²) in [4.78, 5) is 21.7. The minimum absolute atomic E-state index is 0.153. The maximum atomic E-state index is 8.97. The van der Waals surface area contributed by atoms with E-state index in [2.05, 4.69) is 0 Å². The molecule has 6 N–H and O–H groups in total. The molecule has 0 radical (unpaired) electrons. The molecule has 17 heavy (non-hydrogen) atoms. The smallest absolute Gasteiger partial charge is 0.324 e. The van der Waals surface area contributed by atoms with Crippen LogP contribution < -0.4 is 0 Å². The number of rotatable bonds is 5. The highest BCUT2D eigenvalue weighted by atomic mass is 31.2. The second kappa shape index (κ2) is 9.13. The van der Waals surface area contributed by atoms with Gasteiger partial charge in [-0.15, -0.1) is 0 Å². The fourth-order valence-electron chi connectivity index (χ4n) is 0.657. The van der Waals surface area contributed by atoms with Gasteiger partial charge in [0.2, 0.25) is 0 Å². The van der Waals surface area contributed by atoms with Crippen LogP contribution in [0.25, 0.3) is 0 Å². The van der Waals surface area contributed by atoms with Crippen LogP contribution in [0.5, 0.6) is 0 Å². The molecule has 0 aliphatic carbocycles. The van der Waals surface area contributed by atoms with Crippen molar-refractivity contribution in [3.05, 3.63) is 0 Å². The maximum absolute atomic E-state index is 8.97. The molecule has 0 aromatic carbocycles. The Bertz CT molecular complexity index is 166. The van der Waals surface area contributed by atoms with Crippen molar-refractivity contribution in [1.82, 2.24) is 0 Å². The monoisotopic (exact) mass is 274 g/mol. The molecule has 0 aromatic rings. The summed E-state index contributed by atoms with van der Waals surface area (Å²) in [6.45, 7) is 4.94. The van der Waals surface area contributed by atoms with Crippen LogP contribution in [0.4, 0.5) is 0 Å². The molecule has 0 spiro atoms. The van der Waals surface area contributed by atoms with Crippen LogP contribution >= 0.6 is 8.60 Å². The Morgan fingerprint density at radius 1 is 0.882 bits per heavy atom. The predicted octanol–water partition coefficient (Wildman–Crippen LogP) is -1.04. The lowest BCUT2D eigenvalue weighted by atomic mass is 9.92. The molecular weight excluding hydrogens is 251 g/mol. The predicted molar refractivity (Wildman–Crippen MR) is 63.0 cm³/mol. The van der Waals surface area contributed by atoms with E-state index in [4.69, 9.17) is 34.7 Å². The van der Waals surface area contributed by atoms with E-state index < -0.39 is 14.0 Å². The normalized spacial score (nSPS) is 12.4. The van der Waals surface area contributed by atoms with Gasteiger partial charge in [0.25, 0.3) is 0 Å². The zero-order valence-electron chi connectivity index (χ0n) is 10.4. The summed E-state index contributed by atoms with van der Waals surface area (Å²) >= 11 is 0. The Morgan fingerprint density at radius 3 is 1.35 bits per heavy atom. The van der Waals surface area contributed by atoms with E-state index in [1.54, 1.807) is 0 Å². The molecule has 8 heteroatoms. The van der Waals surface area contributed by atoms with Gasteiger partial charge in [-0.25, -0.2) is 0 Å². The first kappa shape index (κ1) is 19.5. The van der Waals surface area contributed by atoms with Crippen LogP contribution in [-0.4, -0.2) is 62.0 Å². The first-order chi connectivity index (χ1) is 7.62. The van der Waals surface area contributed by atoms with E-state index in [0.717, 1.165) is 0 Å².